The minimum atomic E-state index is -4.71. The number of halogens is 5. The fourth-order valence-electron chi connectivity index (χ4n) is 4.09. The highest BCUT2D eigenvalue weighted by Crippen LogP contribution is 2.42. The predicted octanol–water partition coefficient (Wildman–Crippen LogP) is 4.34. The largest absolute Gasteiger partial charge is 0.416 e. The summed E-state index contributed by atoms with van der Waals surface area (Å²) >= 11 is 5.73. The molecular formula is C23H21ClF4N4O3. The van der Waals surface area contributed by atoms with Crippen molar-refractivity contribution < 1.29 is 32.0 Å². The number of nitrogens with zero attached hydrogens (tertiary/aromatic N) is 2. The highest BCUT2D eigenvalue weighted by molar-refractivity contribution is 6.30. The van der Waals surface area contributed by atoms with Crippen molar-refractivity contribution >= 4 is 29.3 Å². The van der Waals surface area contributed by atoms with E-state index in [1.165, 1.54) is 11.8 Å². The Balaban J connectivity index is 1.50. The van der Waals surface area contributed by atoms with Crippen LogP contribution < -0.4 is 11.1 Å². The van der Waals surface area contributed by atoms with Gasteiger partial charge in [0.25, 0.3) is 5.91 Å². The van der Waals surface area contributed by atoms with E-state index in [0.717, 1.165) is 0 Å². The Hall–Kier alpha value is -3.34. The van der Waals surface area contributed by atoms with Crippen molar-refractivity contribution in [2.24, 2.45) is 10.9 Å². The number of hydrogen-bond acceptors (Lipinski definition) is 4. The molecule has 1 atom stereocenters. The van der Waals surface area contributed by atoms with Gasteiger partial charge in [-0.15, -0.1) is 0 Å². The number of carbonyl (C=O) groups excluding carboxylic acids is 2. The molecule has 0 saturated carbocycles. The maximum absolute atomic E-state index is 14.7. The first kappa shape index (κ1) is 24.8. The van der Waals surface area contributed by atoms with Gasteiger partial charge in [-0.1, -0.05) is 22.8 Å². The molecule has 2 aromatic rings. The summed E-state index contributed by atoms with van der Waals surface area (Å²) in [5.41, 5.74) is 4.21. The van der Waals surface area contributed by atoms with Crippen LogP contribution >= 0.6 is 11.6 Å². The molecule has 3 N–H and O–H groups in total. The molecule has 2 aromatic carbocycles. The molecule has 186 valence electrons. The van der Waals surface area contributed by atoms with Gasteiger partial charge in [-0.25, -0.2) is 9.18 Å². The van der Waals surface area contributed by atoms with E-state index >= 15 is 0 Å². The van der Waals surface area contributed by atoms with Crippen LogP contribution in [0.5, 0.6) is 0 Å². The summed E-state index contributed by atoms with van der Waals surface area (Å²) in [6, 6.07) is 5.37. The number of hydrogen-bond donors (Lipinski definition) is 2. The lowest BCUT2D eigenvalue weighted by Crippen LogP contribution is -2.62. The third-order valence-electron chi connectivity index (χ3n) is 6.12. The van der Waals surface area contributed by atoms with Crippen molar-refractivity contribution in [2.75, 3.05) is 13.1 Å². The second kappa shape index (κ2) is 8.71. The van der Waals surface area contributed by atoms with Gasteiger partial charge in [0.15, 0.2) is 5.60 Å². The molecule has 0 radical (unpaired) electrons. The lowest BCUT2D eigenvalue weighted by molar-refractivity contribution is -0.137. The van der Waals surface area contributed by atoms with Gasteiger partial charge >= 0.3 is 12.2 Å². The number of benzene rings is 2. The number of oxime groups is 1. The van der Waals surface area contributed by atoms with Crippen LogP contribution in [-0.2, 0) is 16.6 Å². The second-order valence-corrected chi connectivity index (χ2v) is 9.20. The van der Waals surface area contributed by atoms with E-state index in [2.05, 4.69) is 10.5 Å². The topological polar surface area (TPSA) is 97.0 Å². The Bertz CT molecular complexity index is 1240. The Kier molecular flexibility index (Phi) is 6.16. The molecule has 0 aliphatic carbocycles. The number of rotatable bonds is 4. The van der Waals surface area contributed by atoms with Crippen LogP contribution in [0.2, 0.25) is 5.02 Å². The summed E-state index contributed by atoms with van der Waals surface area (Å²) in [6.45, 7) is 3.82. The van der Waals surface area contributed by atoms with Crippen LogP contribution in [0.25, 0.3) is 0 Å². The molecule has 1 fully saturated rings. The minimum absolute atomic E-state index is 0.0163. The molecular weight excluding hydrogens is 492 g/mol. The fourth-order valence-corrected chi connectivity index (χ4v) is 4.31. The normalized spacial score (nSPS) is 20.2. The molecule has 12 heteroatoms. The monoisotopic (exact) mass is 512 g/mol. The molecule has 2 heterocycles. The van der Waals surface area contributed by atoms with Crippen LogP contribution in [0.3, 0.4) is 0 Å². The molecule has 2 aliphatic heterocycles. The van der Waals surface area contributed by atoms with Crippen LogP contribution in [0.4, 0.5) is 22.4 Å². The number of alkyl halides is 3. The Morgan fingerprint density at radius 2 is 1.94 bits per heavy atom. The van der Waals surface area contributed by atoms with Gasteiger partial charge in [0.2, 0.25) is 0 Å². The standard InChI is InChI=1S/C23H21ClF4N4O3/c1-11-5-12(3-4-15(11)20(33)30-14-9-32(10-14)21(29)34)18-8-22(2,35-31-18)16-6-13(23(26,27)28)7-17(24)19(16)25/h3-7,14H,8-10H2,1-2H3,(H2,29,34)(H,30,33)/t22-/m0/s1. The molecule has 0 bridgehead atoms. The highest BCUT2D eigenvalue weighted by Gasteiger charge is 2.42. The third kappa shape index (κ3) is 4.77. The lowest BCUT2D eigenvalue weighted by Gasteiger charge is -2.38. The first-order chi connectivity index (χ1) is 16.3. The molecule has 35 heavy (non-hydrogen) atoms. The van der Waals surface area contributed by atoms with Gasteiger partial charge in [-0.3, -0.25) is 4.79 Å². The Morgan fingerprint density at radius 1 is 1.26 bits per heavy atom. The first-order valence-electron chi connectivity index (χ1n) is 10.6. The number of nitrogens with two attached hydrogens (primary N) is 1. The van der Waals surface area contributed by atoms with Crippen LogP contribution in [0.15, 0.2) is 35.5 Å². The molecule has 0 unspecified atom stereocenters. The lowest BCUT2D eigenvalue weighted by atomic mass is 9.87. The zero-order valence-corrected chi connectivity index (χ0v) is 19.4. The number of likely N-dealkylation sites (tertiary alicyclic amines) is 1. The van der Waals surface area contributed by atoms with Gasteiger partial charge in [-0.2, -0.15) is 13.2 Å². The van der Waals surface area contributed by atoms with Gasteiger partial charge in [0.1, 0.15) is 5.82 Å². The van der Waals surface area contributed by atoms with Gasteiger partial charge in [-0.05, 0) is 49.2 Å². The van der Waals surface area contributed by atoms with Crippen molar-refractivity contribution in [3.05, 3.63) is 69.0 Å². The van der Waals surface area contributed by atoms with Gasteiger partial charge in [0.05, 0.1) is 22.3 Å². The number of aryl methyl sites for hydroxylation is 1. The number of amides is 3. The number of urea groups is 1. The quantitative estimate of drug-likeness (QED) is 0.596. The van der Waals surface area contributed by atoms with E-state index in [4.69, 9.17) is 22.2 Å². The summed E-state index contributed by atoms with van der Waals surface area (Å²) in [7, 11) is 0. The van der Waals surface area contributed by atoms with E-state index in [-0.39, 0.29) is 23.9 Å². The third-order valence-corrected chi connectivity index (χ3v) is 6.40. The molecule has 4 rings (SSSR count). The highest BCUT2D eigenvalue weighted by atomic mass is 35.5. The smallest absolute Gasteiger partial charge is 0.384 e. The number of nitrogens with one attached hydrogen (secondary N) is 1. The summed E-state index contributed by atoms with van der Waals surface area (Å²) < 4.78 is 54.4. The SMILES string of the molecule is Cc1cc(C2=NO[C@](C)(c3cc(C(F)(F)F)cc(Cl)c3F)C2)ccc1C(=O)NC1CN(C(N)=O)C1. The fraction of sp³-hybridized carbons (Fsp3) is 0.348. The summed E-state index contributed by atoms with van der Waals surface area (Å²) in [4.78, 5) is 30.5. The average molecular weight is 513 g/mol. The van der Waals surface area contributed by atoms with E-state index in [1.54, 1.807) is 25.1 Å². The molecule has 2 aliphatic rings. The van der Waals surface area contributed by atoms with Gasteiger partial charge < -0.3 is 20.8 Å². The summed E-state index contributed by atoms with van der Waals surface area (Å²) in [5, 5.41) is 6.14. The zero-order chi connectivity index (χ0) is 25.7. The molecule has 0 aromatic heterocycles. The van der Waals surface area contributed by atoms with Gasteiger partial charge in [0, 0.05) is 30.6 Å². The average Bonchev–Trinajstić information content (AvgIpc) is 3.14. The van der Waals surface area contributed by atoms with Crippen molar-refractivity contribution in [3.8, 4) is 0 Å². The first-order valence-corrected chi connectivity index (χ1v) is 10.9. The molecule has 3 amide bonds. The molecule has 1 saturated heterocycles. The minimum Gasteiger partial charge on any atom is -0.384 e. The maximum atomic E-state index is 14.7. The second-order valence-electron chi connectivity index (χ2n) is 8.80. The van der Waals surface area contributed by atoms with E-state index in [9.17, 15) is 27.2 Å². The number of carbonyl (C=O) groups is 2. The van der Waals surface area contributed by atoms with Crippen LogP contribution in [-0.4, -0.2) is 41.7 Å². The van der Waals surface area contributed by atoms with Crippen LogP contribution in [0, 0.1) is 12.7 Å². The van der Waals surface area contributed by atoms with Crippen molar-refractivity contribution in [1.29, 1.82) is 0 Å². The molecule has 0 spiro atoms. The Morgan fingerprint density at radius 3 is 2.54 bits per heavy atom. The number of primary amides is 1. The van der Waals surface area contributed by atoms with Crippen molar-refractivity contribution in [3.63, 3.8) is 0 Å². The maximum Gasteiger partial charge on any atom is 0.416 e. The van der Waals surface area contributed by atoms with Crippen molar-refractivity contribution in [2.45, 2.75) is 38.1 Å². The molecule has 7 nitrogen and oxygen atoms in total. The Labute approximate surface area is 202 Å². The summed E-state index contributed by atoms with van der Waals surface area (Å²) in [6.07, 6.45) is -4.73. The summed E-state index contributed by atoms with van der Waals surface area (Å²) in [5.74, 6) is -1.33. The predicted molar refractivity (Wildman–Crippen MR) is 120 cm³/mol. The van der Waals surface area contributed by atoms with E-state index in [0.29, 0.717) is 47.6 Å². The van der Waals surface area contributed by atoms with Crippen LogP contribution in [0.1, 0.15) is 46.0 Å². The van der Waals surface area contributed by atoms with E-state index in [1.807, 2.05) is 0 Å². The van der Waals surface area contributed by atoms with E-state index < -0.39 is 34.2 Å². The van der Waals surface area contributed by atoms with Crippen molar-refractivity contribution in [1.82, 2.24) is 10.2 Å². The zero-order valence-electron chi connectivity index (χ0n) is 18.7.